The lowest BCUT2D eigenvalue weighted by Crippen LogP contribution is -2.43. The average Bonchev–Trinajstić information content (AvgIpc) is 2.66. The fourth-order valence-electron chi connectivity index (χ4n) is 2.38. The predicted octanol–water partition coefficient (Wildman–Crippen LogP) is -0.330. The van der Waals surface area contributed by atoms with E-state index in [1.807, 2.05) is 0 Å². The monoisotopic (exact) mass is 432 g/mol. The molecule has 0 heterocycles. The highest BCUT2D eigenvalue weighted by molar-refractivity contribution is 5.81. The molecule has 0 saturated heterocycles. The summed E-state index contributed by atoms with van der Waals surface area (Å²) in [4.78, 5) is 23.4. The van der Waals surface area contributed by atoms with Gasteiger partial charge in [0.05, 0.1) is 19.3 Å². The maximum absolute atomic E-state index is 11.9. The summed E-state index contributed by atoms with van der Waals surface area (Å²) >= 11 is 0. The quantitative estimate of drug-likeness (QED) is 0.161. The molecule has 10 heteroatoms. The molecule has 8 N–H and O–H groups in total. The van der Waals surface area contributed by atoms with E-state index in [-0.39, 0.29) is 5.91 Å². The van der Waals surface area contributed by atoms with Crippen LogP contribution in [-0.2, 0) is 14.3 Å². The van der Waals surface area contributed by atoms with E-state index >= 15 is 0 Å². The van der Waals surface area contributed by atoms with Crippen molar-refractivity contribution < 1.29 is 19.1 Å². The molecular formula is C20H44N6O4. The van der Waals surface area contributed by atoms with Gasteiger partial charge in [-0.3, -0.25) is 4.79 Å². The van der Waals surface area contributed by atoms with Crippen LogP contribution >= 0.6 is 0 Å². The molecule has 178 valence electrons. The van der Waals surface area contributed by atoms with Gasteiger partial charge in [-0.1, -0.05) is 0 Å². The van der Waals surface area contributed by atoms with E-state index in [4.69, 9.17) is 20.9 Å². The molecular weight excluding hydrogens is 388 g/mol. The first kappa shape index (κ1) is 28.5. The normalized spacial score (nSPS) is 12.4. The number of rotatable bonds is 18. The van der Waals surface area contributed by atoms with Crippen molar-refractivity contribution in [2.45, 2.75) is 58.1 Å². The minimum Gasteiger partial charge on any atom is -0.444 e. The molecule has 2 amide bonds. The molecule has 0 rings (SSSR count). The summed E-state index contributed by atoms with van der Waals surface area (Å²) in [5.74, 6) is -0.184. The number of alkyl carbamates (subject to hydrolysis) is 1. The van der Waals surface area contributed by atoms with Gasteiger partial charge in [-0.25, -0.2) is 4.79 Å². The smallest absolute Gasteiger partial charge is 0.407 e. The lowest BCUT2D eigenvalue weighted by Gasteiger charge is -2.19. The van der Waals surface area contributed by atoms with Crippen molar-refractivity contribution in [2.24, 2.45) is 11.5 Å². The zero-order valence-corrected chi connectivity index (χ0v) is 19.1. The van der Waals surface area contributed by atoms with Crippen LogP contribution in [0.4, 0.5) is 4.79 Å². The molecule has 10 nitrogen and oxygen atoms in total. The van der Waals surface area contributed by atoms with Crippen molar-refractivity contribution >= 4 is 12.0 Å². The molecule has 0 aromatic carbocycles. The van der Waals surface area contributed by atoms with E-state index in [2.05, 4.69) is 21.3 Å². The summed E-state index contributed by atoms with van der Waals surface area (Å²) in [6.45, 7) is 11.2. The summed E-state index contributed by atoms with van der Waals surface area (Å²) in [5.41, 5.74) is 10.8. The van der Waals surface area contributed by atoms with Crippen LogP contribution in [-0.4, -0.2) is 82.7 Å². The highest BCUT2D eigenvalue weighted by atomic mass is 16.6. The number of hydrogen-bond donors (Lipinski definition) is 6. The Morgan fingerprint density at radius 2 is 1.43 bits per heavy atom. The number of carbonyl (C=O) groups excluding carboxylic acids is 2. The predicted molar refractivity (Wildman–Crippen MR) is 119 cm³/mol. The number of hydrogen-bond acceptors (Lipinski definition) is 8. The van der Waals surface area contributed by atoms with Crippen LogP contribution in [0.2, 0.25) is 0 Å². The standard InChI is InChI=1S/C20H44N6O4/c1-20(2,3)30-19(28)26-14-16-29-15-13-25-18(27)17(22)7-12-24-10-5-4-9-23-11-6-8-21/h17,23-24H,4-16,21-22H2,1-3H3,(H,25,27)(H,26,28). The molecule has 0 aromatic heterocycles. The zero-order valence-electron chi connectivity index (χ0n) is 19.1. The maximum Gasteiger partial charge on any atom is 0.407 e. The van der Waals surface area contributed by atoms with Crippen molar-refractivity contribution in [3.05, 3.63) is 0 Å². The fraction of sp³-hybridized carbons (Fsp3) is 0.900. The van der Waals surface area contributed by atoms with Crippen molar-refractivity contribution in [3.8, 4) is 0 Å². The second-order valence-electron chi connectivity index (χ2n) is 8.08. The summed E-state index contributed by atoms with van der Waals surface area (Å²) in [7, 11) is 0. The lowest BCUT2D eigenvalue weighted by atomic mass is 10.2. The summed E-state index contributed by atoms with van der Waals surface area (Å²) in [6.07, 6.45) is 3.31. The minimum atomic E-state index is -0.538. The Morgan fingerprint density at radius 3 is 2.03 bits per heavy atom. The average molecular weight is 433 g/mol. The number of nitrogens with one attached hydrogen (secondary N) is 4. The largest absolute Gasteiger partial charge is 0.444 e. The topological polar surface area (TPSA) is 153 Å². The number of nitrogens with two attached hydrogens (primary N) is 2. The molecule has 1 atom stereocenters. The third kappa shape index (κ3) is 19.8. The summed E-state index contributed by atoms with van der Waals surface area (Å²) in [6, 6.07) is -0.538. The van der Waals surface area contributed by atoms with Gasteiger partial charge >= 0.3 is 6.09 Å². The molecule has 0 aliphatic carbocycles. The molecule has 0 aromatic rings. The molecule has 0 saturated carbocycles. The number of amides is 2. The third-order valence-electron chi connectivity index (χ3n) is 3.94. The second kappa shape index (κ2) is 18.3. The van der Waals surface area contributed by atoms with Crippen molar-refractivity contribution in [3.63, 3.8) is 0 Å². The SMILES string of the molecule is CC(C)(C)OC(=O)NCCOCCNC(=O)C(N)CCNCCCCNCCCN. The highest BCUT2D eigenvalue weighted by Crippen LogP contribution is 2.05. The van der Waals surface area contributed by atoms with E-state index in [0.29, 0.717) is 39.3 Å². The van der Waals surface area contributed by atoms with Crippen LogP contribution < -0.4 is 32.7 Å². The molecule has 30 heavy (non-hydrogen) atoms. The van der Waals surface area contributed by atoms with Crippen molar-refractivity contribution in [1.82, 2.24) is 21.3 Å². The molecule has 0 fully saturated rings. The molecule has 0 spiro atoms. The Balaban J connectivity index is 3.46. The lowest BCUT2D eigenvalue weighted by molar-refractivity contribution is -0.122. The first-order valence-corrected chi connectivity index (χ1v) is 11.0. The van der Waals surface area contributed by atoms with Crippen molar-refractivity contribution in [2.75, 3.05) is 59.0 Å². The Morgan fingerprint density at radius 1 is 0.867 bits per heavy atom. The Bertz CT molecular complexity index is 446. The van der Waals surface area contributed by atoms with E-state index in [9.17, 15) is 9.59 Å². The molecule has 1 unspecified atom stereocenters. The van der Waals surface area contributed by atoms with Gasteiger partial charge in [-0.15, -0.1) is 0 Å². The van der Waals surface area contributed by atoms with Crippen LogP contribution in [0.5, 0.6) is 0 Å². The van der Waals surface area contributed by atoms with Gasteiger partial charge < -0.3 is 42.2 Å². The molecule has 0 radical (unpaired) electrons. The van der Waals surface area contributed by atoms with Crippen LogP contribution in [0.15, 0.2) is 0 Å². The van der Waals surface area contributed by atoms with Crippen LogP contribution in [0.25, 0.3) is 0 Å². The van der Waals surface area contributed by atoms with E-state index < -0.39 is 17.7 Å². The summed E-state index contributed by atoms with van der Waals surface area (Å²) < 4.78 is 10.5. The number of ether oxygens (including phenoxy) is 2. The number of unbranched alkanes of at least 4 members (excludes halogenated alkanes) is 1. The van der Waals surface area contributed by atoms with Crippen LogP contribution in [0, 0.1) is 0 Å². The Kier molecular flexibility index (Phi) is 17.4. The van der Waals surface area contributed by atoms with Gasteiger partial charge in [0.25, 0.3) is 0 Å². The third-order valence-corrected chi connectivity index (χ3v) is 3.94. The van der Waals surface area contributed by atoms with Gasteiger partial charge in [0.1, 0.15) is 5.60 Å². The maximum atomic E-state index is 11.9. The van der Waals surface area contributed by atoms with Crippen LogP contribution in [0.3, 0.4) is 0 Å². The fourth-order valence-corrected chi connectivity index (χ4v) is 2.38. The summed E-state index contributed by atoms with van der Waals surface area (Å²) in [5, 5.41) is 12.0. The Labute approximate surface area is 181 Å². The van der Waals surface area contributed by atoms with Gasteiger partial charge in [-0.05, 0) is 79.2 Å². The molecule has 0 aliphatic heterocycles. The van der Waals surface area contributed by atoms with Gasteiger partial charge in [0, 0.05) is 13.1 Å². The highest BCUT2D eigenvalue weighted by Gasteiger charge is 2.15. The number of carbonyl (C=O) groups is 2. The van der Waals surface area contributed by atoms with Gasteiger partial charge in [0.15, 0.2) is 0 Å². The first-order chi connectivity index (χ1) is 14.3. The van der Waals surface area contributed by atoms with Gasteiger partial charge in [0.2, 0.25) is 5.91 Å². The molecule has 0 bridgehead atoms. The molecule has 0 aliphatic rings. The van der Waals surface area contributed by atoms with Crippen molar-refractivity contribution in [1.29, 1.82) is 0 Å². The zero-order chi connectivity index (χ0) is 22.7. The van der Waals surface area contributed by atoms with Gasteiger partial charge in [-0.2, -0.15) is 0 Å². The van der Waals surface area contributed by atoms with E-state index in [1.54, 1.807) is 20.8 Å². The van der Waals surface area contributed by atoms with E-state index in [1.165, 1.54) is 0 Å². The van der Waals surface area contributed by atoms with Crippen LogP contribution in [0.1, 0.15) is 46.5 Å². The second-order valence-corrected chi connectivity index (χ2v) is 8.08. The minimum absolute atomic E-state index is 0.184. The first-order valence-electron chi connectivity index (χ1n) is 11.0. The van der Waals surface area contributed by atoms with E-state index in [0.717, 1.165) is 45.4 Å². The Hall–Kier alpha value is -1.46.